The maximum atomic E-state index is 5.54. The van der Waals surface area contributed by atoms with E-state index >= 15 is 0 Å². The van der Waals surface area contributed by atoms with Crippen molar-refractivity contribution in [2.45, 2.75) is 51.9 Å². The van der Waals surface area contributed by atoms with E-state index in [0.717, 1.165) is 18.9 Å². The molecular formula is C13H23O. The van der Waals surface area contributed by atoms with E-state index < -0.39 is 0 Å². The van der Waals surface area contributed by atoms with Gasteiger partial charge in [-0.2, -0.15) is 0 Å². The summed E-state index contributed by atoms with van der Waals surface area (Å²) in [5.41, 5.74) is 0. The smallest absolute Gasteiger partial charge is 0.0901 e. The monoisotopic (exact) mass is 195 g/mol. The molecule has 1 radical (unpaired) electrons. The Labute approximate surface area is 88.5 Å². The molecule has 14 heavy (non-hydrogen) atoms. The highest BCUT2D eigenvalue weighted by atomic mass is 16.5. The minimum atomic E-state index is 0.792. The molecular weight excluding hydrogens is 172 g/mol. The van der Waals surface area contributed by atoms with Crippen molar-refractivity contribution in [2.24, 2.45) is 5.92 Å². The minimum absolute atomic E-state index is 0.792. The zero-order valence-electron chi connectivity index (χ0n) is 9.37. The molecule has 0 amide bonds. The van der Waals surface area contributed by atoms with Crippen molar-refractivity contribution in [2.75, 3.05) is 6.61 Å². The predicted octanol–water partition coefficient (Wildman–Crippen LogP) is 4.10. The zero-order chi connectivity index (χ0) is 10.1. The normalized spacial score (nSPS) is 19.8. The first-order valence-corrected chi connectivity index (χ1v) is 6.01. The molecule has 0 spiro atoms. The SMILES string of the molecule is CCCC=COCC1CC[CH]CCC1. The average Bonchev–Trinajstić information content (AvgIpc) is 2.46. The van der Waals surface area contributed by atoms with Crippen molar-refractivity contribution in [3.63, 3.8) is 0 Å². The van der Waals surface area contributed by atoms with Crippen LogP contribution in [0.5, 0.6) is 0 Å². The van der Waals surface area contributed by atoms with E-state index in [9.17, 15) is 0 Å². The topological polar surface area (TPSA) is 9.23 Å². The minimum Gasteiger partial charge on any atom is -0.501 e. The molecule has 0 saturated heterocycles. The van der Waals surface area contributed by atoms with E-state index in [2.05, 4.69) is 19.4 Å². The number of hydrogen-bond donors (Lipinski definition) is 0. The molecule has 0 aromatic carbocycles. The fourth-order valence-electron chi connectivity index (χ4n) is 1.85. The van der Waals surface area contributed by atoms with Crippen LogP contribution in [0.4, 0.5) is 0 Å². The lowest BCUT2D eigenvalue weighted by Gasteiger charge is -2.12. The van der Waals surface area contributed by atoms with Gasteiger partial charge in [0, 0.05) is 0 Å². The fourth-order valence-corrected chi connectivity index (χ4v) is 1.85. The molecule has 1 heteroatoms. The molecule has 1 saturated carbocycles. The molecule has 0 heterocycles. The lowest BCUT2D eigenvalue weighted by atomic mass is 10.0. The Morgan fingerprint density at radius 2 is 2.29 bits per heavy atom. The van der Waals surface area contributed by atoms with Crippen molar-refractivity contribution in [3.05, 3.63) is 18.8 Å². The maximum absolute atomic E-state index is 5.54. The van der Waals surface area contributed by atoms with Crippen LogP contribution >= 0.6 is 0 Å². The van der Waals surface area contributed by atoms with Crippen LogP contribution in [0.3, 0.4) is 0 Å². The third kappa shape index (κ3) is 5.31. The zero-order valence-corrected chi connectivity index (χ0v) is 9.37. The van der Waals surface area contributed by atoms with E-state index in [1.165, 1.54) is 38.5 Å². The fraction of sp³-hybridized carbons (Fsp3) is 0.769. The third-order valence-corrected chi connectivity index (χ3v) is 2.78. The van der Waals surface area contributed by atoms with Gasteiger partial charge in [0.25, 0.3) is 0 Å². The van der Waals surface area contributed by atoms with Crippen LogP contribution < -0.4 is 0 Å². The molecule has 1 fully saturated rings. The summed E-state index contributed by atoms with van der Waals surface area (Å²) in [6.45, 7) is 3.11. The van der Waals surface area contributed by atoms with Crippen LogP contribution in [0.2, 0.25) is 0 Å². The second kappa shape index (κ2) is 7.90. The van der Waals surface area contributed by atoms with Gasteiger partial charge in [0.2, 0.25) is 0 Å². The van der Waals surface area contributed by atoms with Crippen LogP contribution in [0.1, 0.15) is 51.9 Å². The van der Waals surface area contributed by atoms with Gasteiger partial charge < -0.3 is 4.74 Å². The highest BCUT2D eigenvalue weighted by Gasteiger charge is 2.11. The lowest BCUT2D eigenvalue weighted by Crippen LogP contribution is -2.05. The summed E-state index contributed by atoms with van der Waals surface area (Å²) in [6, 6.07) is 0. The Hall–Kier alpha value is -0.460. The Kier molecular flexibility index (Phi) is 6.55. The Bertz CT molecular complexity index is 143. The summed E-state index contributed by atoms with van der Waals surface area (Å²) in [4.78, 5) is 0. The highest BCUT2D eigenvalue weighted by molar-refractivity contribution is 4.76. The first-order chi connectivity index (χ1) is 6.93. The van der Waals surface area contributed by atoms with Gasteiger partial charge in [0.1, 0.15) is 0 Å². The van der Waals surface area contributed by atoms with E-state index in [1.807, 2.05) is 6.26 Å². The van der Waals surface area contributed by atoms with Crippen LogP contribution in [-0.2, 0) is 4.74 Å². The maximum Gasteiger partial charge on any atom is 0.0901 e. The molecule has 0 aromatic rings. The largest absolute Gasteiger partial charge is 0.501 e. The van der Waals surface area contributed by atoms with Gasteiger partial charge >= 0.3 is 0 Å². The highest BCUT2D eigenvalue weighted by Crippen LogP contribution is 2.22. The molecule has 1 unspecified atom stereocenters. The van der Waals surface area contributed by atoms with Gasteiger partial charge in [-0.15, -0.1) is 0 Å². The molecule has 0 aliphatic heterocycles. The Morgan fingerprint density at radius 3 is 3.14 bits per heavy atom. The summed E-state index contributed by atoms with van der Waals surface area (Å²) < 4.78 is 5.54. The van der Waals surface area contributed by atoms with Gasteiger partial charge in [-0.1, -0.05) is 26.2 Å². The number of allylic oxidation sites excluding steroid dienone is 1. The van der Waals surface area contributed by atoms with E-state index in [0.29, 0.717) is 0 Å². The van der Waals surface area contributed by atoms with Crippen LogP contribution in [-0.4, -0.2) is 6.61 Å². The van der Waals surface area contributed by atoms with Crippen LogP contribution in [0.25, 0.3) is 0 Å². The average molecular weight is 195 g/mol. The molecule has 81 valence electrons. The van der Waals surface area contributed by atoms with Crippen molar-refractivity contribution >= 4 is 0 Å². The molecule has 1 rings (SSSR count). The number of unbranched alkanes of at least 4 members (excludes halogenated alkanes) is 1. The summed E-state index contributed by atoms with van der Waals surface area (Å²) in [5, 5.41) is 0. The van der Waals surface area contributed by atoms with Crippen molar-refractivity contribution in [3.8, 4) is 0 Å². The molecule has 1 aliphatic carbocycles. The quantitative estimate of drug-likeness (QED) is 0.474. The molecule has 1 atom stereocenters. The number of ether oxygens (including phenoxy) is 1. The summed E-state index contributed by atoms with van der Waals surface area (Å²) >= 11 is 0. The number of hydrogen-bond acceptors (Lipinski definition) is 1. The summed E-state index contributed by atoms with van der Waals surface area (Å²) in [5.74, 6) is 0.792. The predicted molar refractivity (Wildman–Crippen MR) is 60.9 cm³/mol. The van der Waals surface area contributed by atoms with E-state index in [4.69, 9.17) is 4.74 Å². The molecule has 0 aromatic heterocycles. The second-order valence-electron chi connectivity index (χ2n) is 4.16. The standard InChI is InChI=1S/C13H23O/c1-2-3-8-11-14-12-13-9-6-4-5-7-10-13/h4,8,11,13H,2-3,5-7,9-10,12H2,1H3. The third-order valence-electron chi connectivity index (χ3n) is 2.78. The first kappa shape index (κ1) is 11.6. The van der Waals surface area contributed by atoms with Crippen molar-refractivity contribution in [1.29, 1.82) is 0 Å². The van der Waals surface area contributed by atoms with Gasteiger partial charge in [-0.05, 0) is 44.1 Å². The van der Waals surface area contributed by atoms with Crippen LogP contribution in [0.15, 0.2) is 12.3 Å². The Balaban J connectivity index is 2.04. The first-order valence-electron chi connectivity index (χ1n) is 6.01. The molecule has 0 bridgehead atoms. The van der Waals surface area contributed by atoms with Gasteiger partial charge in [0.05, 0.1) is 12.9 Å². The summed E-state index contributed by atoms with van der Waals surface area (Å²) in [6.07, 6.45) is 15.4. The second-order valence-corrected chi connectivity index (χ2v) is 4.16. The van der Waals surface area contributed by atoms with Crippen molar-refractivity contribution in [1.82, 2.24) is 0 Å². The Morgan fingerprint density at radius 1 is 1.36 bits per heavy atom. The molecule has 1 nitrogen and oxygen atoms in total. The lowest BCUT2D eigenvalue weighted by molar-refractivity contribution is 0.183. The molecule has 1 aliphatic rings. The molecule has 0 N–H and O–H groups in total. The number of rotatable bonds is 5. The van der Waals surface area contributed by atoms with Gasteiger partial charge in [0.15, 0.2) is 0 Å². The van der Waals surface area contributed by atoms with Gasteiger partial charge in [-0.3, -0.25) is 0 Å². The van der Waals surface area contributed by atoms with E-state index in [-0.39, 0.29) is 0 Å². The van der Waals surface area contributed by atoms with Crippen LogP contribution in [0, 0.1) is 12.3 Å². The van der Waals surface area contributed by atoms with Crippen molar-refractivity contribution < 1.29 is 4.74 Å². The summed E-state index contributed by atoms with van der Waals surface area (Å²) in [7, 11) is 0. The van der Waals surface area contributed by atoms with E-state index in [1.54, 1.807) is 0 Å². The van der Waals surface area contributed by atoms with Gasteiger partial charge in [-0.25, -0.2) is 0 Å².